The van der Waals surface area contributed by atoms with Crippen molar-refractivity contribution < 1.29 is 14.3 Å². The molecule has 9 heteroatoms. The van der Waals surface area contributed by atoms with Gasteiger partial charge in [-0.3, -0.25) is 4.79 Å². The van der Waals surface area contributed by atoms with Crippen LogP contribution in [0.15, 0.2) is 6.20 Å². The molecule has 1 aliphatic heterocycles. The van der Waals surface area contributed by atoms with Gasteiger partial charge in [-0.15, -0.1) is 0 Å². The van der Waals surface area contributed by atoms with Crippen molar-refractivity contribution in [3.05, 3.63) is 11.8 Å². The maximum atomic E-state index is 13.5. The van der Waals surface area contributed by atoms with Gasteiger partial charge in [0.25, 0.3) is 5.91 Å². The maximum absolute atomic E-state index is 13.5. The molecular weight excluding hydrogens is 480 g/mol. The number of ether oxygens (including phenoxy) is 1. The van der Waals surface area contributed by atoms with Crippen molar-refractivity contribution >= 4 is 11.9 Å². The van der Waals surface area contributed by atoms with Crippen molar-refractivity contribution in [2.75, 3.05) is 39.3 Å². The van der Waals surface area contributed by atoms with Gasteiger partial charge in [0.05, 0.1) is 19.3 Å². The highest BCUT2D eigenvalue weighted by molar-refractivity contribution is 5.96. The van der Waals surface area contributed by atoms with Crippen LogP contribution in [0.1, 0.15) is 87.9 Å². The van der Waals surface area contributed by atoms with Gasteiger partial charge in [0.1, 0.15) is 5.56 Å². The van der Waals surface area contributed by atoms with Gasteiger partial charge < -0.3 is 25.6 Å². The lowest BCUT2D eigenvalue weighted by Gasteiger charge is -2.41. The predicted octanol–water partition coefficient (Wildman–Crippen LogP) is 3.79. The first-order chi connectivity index (χ1) is 18.6. The van der Waals surface area contributed by atoms with Crippen LogP contribution in [0, 0.1) is 23.7 Å². The number of aromatic nitrogens is 2. The van der Waals surface area contributed by atoms with Crippen LogP contribution in [0.5, 0.6) is 5.88 Å². The summed E-state index contributed by atoms with van der Waals surface area (Å²) < 4.78 is 8.09. The second kappa shape index (κ2) is 13.2. The Morgan fingerprint density at radius 1 is 1.05 bits per heavy atom. The molecule has 2 bridgehead atoms. The van der Waals surface area contributed by atoms with Crippen LogP contribution in [-0.2, 0) is 6.54 Å². The predicted molar refractivity (Wildman–Crippen MR) is 147 cm³/mol. The van der Waals surface area contributed by atoms with E-state index in [-0.39, 0.29) is 18.0 Å². The van der Waals surface area contributed by atoms with Gasteiger partial charge in [0.2, 0.25) is 5.88 Å². The van der Waals surface area contributed by atoms with Crippen LogP contribution in [0.4, 0.5) is 4.79 Å². The molecule has 3 atom stereocenters. The fraction of sp³-hybridized carbons (Fsp3) is 0.828. The number of carbonyl (C=O) groups is 2. The third-order valence-electron chi connectivity index (χ3n) is 9.45. The summed E-state index contributed by atoms with van der Waals surface area (Å²) in [5.74, 6) is 3.18. The summed E-state index contributed by atoms with van der Waals surface area (Å²) in [4.78, 5) is 27.8. The van der Waals surface area contributed by atoms with Crippen LogP contribution in [0.25, 0.3) is 0 Å². The van der Waals surface area contributed by atoms with Gasteiger partial charge in [-0.25, -0.2) is 9.48 Å². The Bertz CT molecular complexity index is 911. The Morgan fingerprint density at radius 2 is 1.79 bits per heavy atom. The molecule has 3 saturated carbocycles. The van der Waals surface area contributed by atoms with E-state index in [9.17, 15) is 9.59 Å². The third kappa shape index (κ3) is 7.01. The van der Waals surface area contributed by atoms with Crippen molar-refractivity contribution in [3.8, 4) is 5.88 Å². The SMILES string of the molecule is CC(NC(=O)c1cnn(CCNC(=O)N2CCNCC2)c1OCC1CCCCC1)C1CC2CCCC(C2)C1. The highest BCUT2D eigenvalue weighted by Crippen LogP contribution is 2.43. The normalized spacial score (nSPS) is 27.0. The number of piperazine rings is 1. The van der Waals surface area contributed by atoms with Gasteiger partial charge in [-0.1, -0.05) is 38.5 Å². The highest BCUT2D eigenvalue weighted by Gasteiger charge is 2.35. The molecule has 0 radical (unpaired) electrons. The van der Waals surface area contributed by atoms with Gasteiger partial charge in [0.15, 0.2) is 0 Å². The number of nitrogens with zero attached hydrogens (tertiary/aromatic N) is 3. The summed E-state index contributed by atoms with van der Waals surface area (Å²) in [5.41, 5.74) is 0.511. The zero-order chi connectivity index (χ0) is 26.3. The number of urea groups is 1. The molecule has 4 aliphatic rings. The Kier molecular flexibility index (Phi) is 9.46. The zero-order valence-electron chi connectivity index (χ0n) is 23.3. The molecule has 1 saturated heterocycles. The lowest BCUT2D eigenvalue weighted by Crippen LogP contribution is -2.50. The summed E-state index contributed by atoms with van der Waals surface area (Å²) in [6.45, 7) is 6.76. The first-order valence-electron chi connectivity index (χ1n) is 15.3. The molecular formula is C29H48N6O3. The second-order valence-corrected chi connectivity index (χ2v) is 12.3. The first-order valence-corrected chi connectivity index (χ1v) is 15.3. The molecule has 4 fully saturated rings. The summed E-state index contributed by atoms with van der Waals surface area (Å²) in [5, 5.41) is 14.1. The van der Waals surface area contributed by atoms with E-state index in [4.69, 9.17) is 4.74 Å². The quantitative estimate of drug-likeness (QED) is 0.453. The van der Waals surface area contributed by atoms with E-state index >= 15 is 0 Å². The smallest absolute Gasteiger partial charge is 0.317 e. The molecule has 0 spiro atoms. The fourth-order valence-corrected chi connectivity index (χ4v) is 7.23. The van der Waals surface area contributed by atoms with Crippen molar-refractivity contribution in [2.24, 2.45) is 23.7 Å². The number of hydrogen-bond acceptors (Lipinski definition) is 5. The Balaban J connectivity index is 1.21. The molecule has 1 aromatic heterocycles. The standard InChI is InChI=1S/C29H48N6O3/c1-21(25-17-23-8-5-9-24(16-23)18-25)33-27(36)26-19-32-35(28(26)38-20-22-6-3-2-4-7-22)15-12-31-29(37)34-13-10-30-11-14-34/h19,21-25,30H,2-18,20H2,1H3,(H,31,37)(H,33,36). The molecule has 2 heterocycles. The average Bonchev–Trinajstić information content (AvgIpc) is 3.35. The molecule has 9 nitrogen and oxygen atoms in total. The lowest BCUT2D eigenvalue weighted by molar-refractivity contribution is 0.0848. The Hall–Kier alpha value is -2.29. The van der Waals surface area contributed by atoms with E-state index in [0.717, 1.165) is 24.9 Å². The Labute approximate surface area is 227 Å². The van der Waals surface area contributed by atoms with E-state index in [0.29, 0.717) is 56.1 Å². The topological polar surface area (TPSA) is 101 Å². The fourth-order valence-electron chi connectivity index (χ4n) is 7.23. The van der Waals surface area contributed by atoms with Gasteiger partial charge >= 0.3 is 6.03 Å². The molecule has 0 aromatic carbocycles. The van der Waals surface area contributed by atoms with Gasteiger partial charge in [0, 0.05) is 38.8 Å². The van der Waals surface area contributed by atoms with Crippen LogP contribution in [0.3, 0.4) is 0 Å². The van der Waals surface area contributed by atoms with Crippen molar-refractivity contribution in [3.63, 3.8) is 0 Å². The van der Waals surface area contributed by atoms with Crippen molar-refractivity contribution in [1.82, 2.24) is 30.6 Å². The summed E-state index contributed by atoms with van der Waals surface area (Å²) >= 11 is 0. The van der Waals surface area contributed by atoms with Gasteiger partial charge in [-0.05, 0) is 62.7 Å². The van der Waals surface area contributed by atoms with E-state index in [2.05, 4.69) is 28.0 Å². The van der Waals surface area contributed by atoms with Gasteiger partial charge in [-0.2, -0.15) is 5.10 Å². The Morgan fingerprint density at radius 3 is 2.53 bits per heavy atom. The van der Waals surface area contributed by atoms with Crippen LogP contribution in [0.2, 0.25) is 0 Å². The molecule has 3 unspecified atom stereocenters. The first kappa shape index (κ1) is 27.3. The van der Waals surface area contributed by atoms with E-state index in [1.807, 2.05) is 4.90 Å². The summed E-state index contributed by atoms with van der Waals surface area (Å²) in [6, 6.07) is 0.0890. The number of nitrogens with one attached hydrogen (secondary N) is 3. The lowest BCUT2D eigenvalue weighted by atomic mass is 9.66. The zero-order valence-corrected chi connectivity index (χ0v) is 23.3. The van der Waals surface area contributed by atoms with Crippen LogP contribution in [-0.4, -0.2) is 72.0 Å². The second-order valence-electron chi connectivity index (χ2n) is 12.3. The molecule has 5 rings (SSSR count). The molecule has 3 aliphatic carbocycles. The number of fused-ring (bicyclic) bond motifs is 2. The minimum Gasteiger partial charge on any atom is -0.477 e. The molecule has 38 heavy (non-hydrogen) atoms. The molecule has 3 amide bonds. The largest absolute Gasteiger partial charge is 0.477 e. The van der Waals surface area contributed by atoms with E-state index in [1.165, 1.54) is 70.6 Å². The van der Waals surface area contributed by atoms with Crippen molar-refractivity contribution in [2.45, 2.75) is 90.1 Å². The van der Waals surface area contributed by atoms with E-state index < -0.39 is 0 Å². The minimum atomic E-state index is -0.0945. The summed E-state index contributed by atoms with van der Waals surface area (Å²) in [7, 11) is 0. The van der Waals surface area contributed by atoms with Crippen LogP contribution < -0.4 is 20.7 Å². The molecule has 1 aromatic rings. The van der Waals surface area contributed by atoms with E-state index in [1.54, 1.807) is 10.9 Å². The maximum Gasteiger partial charge on any atom is 0.317 e. The summed E-state index contributed by atoms with van der Waals surface area (Å²) in [6.07, 6.45) is 15.7. The highest BCUT2D eigenvalue weighted by atomic mass is 16.5. The molecule has 3 N–H and O–H groups in total. The number of rotatable bonds is 9. The average molecular weight is 529 g/mol. The minimum absolute atomic E-state index is 0.0487. The van der Waals surface area contributed by atoms with Crippen molar-refractivity contribution in [1.29, 1.82) is 0 Å². The van der Waals surface area contributed by atoms with Crippen LogP contribution >= 0.6 is 0 Å². The number of hydrogen-bond donors (Lipinski definition) is 3. The number of carbonyl (C=O) groups excluding carboxylic acids is 2. The number of amides is 3. The third-order valence-corrected chi connectivity index (χ3v) is 9.45. The monoisotopic (exact) mass is 528 g/mol. The molecule has 212 valence electrons.